The fourth-order valence-electron chi connectivity index (χ4n) is 11.1. The zero-order valence-electron chi connectivity index (χ0n) is 59.9. The molecule has 3 N–H and O–H groups in total. The minimum Gasteiger partial charge on any atom is -0.462 e. The predicted molar refractivity (Wildman–Crippen MR) is 372 cm³/mol. The first-order chi connectivity index (χ1) is 44.4. The van der Waals surface area contributed by atoms with Gasteiger partial charge in [0.05, 0.1) is 26.4 Å². The third-order valence-electron chi connectivity index (χ3n) is 17.3. The number of aliphatic hydroxyl groups is 1. The topological polar surface area (TPSA) is 237 Å². The number of carbonyl (C=O) groups is 4. The number of rotatable bonds is 72. The number of aliphatic hydroxyl groups excluding tert-OH is 1. The van der Waals surface area contributed by atoms with Crippen LogP contribution in [0.15, 0.2) is 0 Å². The minimum atomic E-state index is -4.95. The zero-order chi connectivity index (χ0) is 67.9. The van der Waals surface area contributed by atoms with Gasteiger partial charge in [0.1, 0.15) is 19.3 Å². The standard InChI is InChI=1S/C73H142O17P2/c1-7-10-12-14-16-18-20-21-22-23-24-25-26-27-29-31-39-46-52-58-73(78)89-68(61-83-70(75)55-49-43-37-33-32-36-42-48-54-66(6)9-3)63-87-91(79,80)85-59-67(74)60-86-92(81,82)88-64-69(62-84-71(76)56-50-44-40-34-35-41-47-53-65(4)5)90-72(77)57-51-45-38-30-28-19-17-15-13-11-8-2/h65-69,74H,7-64H2,1-6H3,(H,79,80)(H,81,82)/t66?,67-,68-,69-/m1/s1. The first kappa shape index (κ1) is 90.1. The van der Waals surface area contributed by atoms with E-state index in [0.29, 0.717) is 31.6 Å². The molecular weight excluding hydrogens is 1210 g/mol. The minimum absolute atomic E-state index is 0.106. The van der Waals surface area contributed by atoms with Crippen LogP contribution in [-0.4, -0.2) is 96.7 Å². The fourth-order valence-corrected chi connectivity index (χ4v) is 12.7. The van der Waals surface area contributed by atoms with Gasteiger partial charge in [-0.1, -0.05) is 324 Å². The van der Waals surface area contributed by atoms with Crippen molar-refractivity contribution >= 4 is 39.5 Å². The lowest BCUT2D eigenvalue weighted by molar-refractivity contribution is -0.161. The summed E-state index contributed by atoms with van der Waals surface area (Å²) in [5.74, 6) is -0.638. The summed E-state index contributed by atoms with van der Waals surface area (Å²) >= 11 is 0. The molecule has 17 nitrogen and oxygen atoms in total. The van der Waals surface area contributed by atoms with Crippen LogP contribution >= 0.6 is 15.6 Å². The van der Waals surface area contributed by atoms with E-state index in [2.05, 4.69) is 41.5 Å². The summed E-state index contributed by atoms with van der Waals surface area (Å²) < 4.78 is 68.4. The Hall–Kier alpha value is -1.94. The van der Waals surface area contributed by atoms with Gasteiger partial charge in [0.2, 0.25) is 0 Å². The molecule has 0 heterocycles. The molecule has 0 radical (unpaired) electrons. The van der Waals surface area contributed by atoms with Gasteiger partial charge < -0.3 is 33.8 Å². The van der Waals surface area contributed by atoms with Crippen molar-refractivity contribution in [3.63, 3.8) is 0 Å². The van der Waals surface area contributed by atoms with Crippen LogP contribution in [0.25, 0.3) is 0 Å². The van der Waals surface area contributed by atoms with Crippen LogP contribution in [0.1, 0.15) is 375 Å². The Morgan fingerprint density at radius 2 is 0.554 bits per heavy atom. The number of phosphoric ester groups is 2. The monoisotopic (exact) mass is 1350 g/mol. The molecule has 0 aliphatic carbocycles. The van der Waals surface area contributed by atoms with Crippen molar-refractivity contribution in [3.05, 3.63) is 0 Å². The summed E-state index contributed by atoms with van der Waals surface area (Å²) in [7, 11) is -9.90. The molecule has 0 saturated heterocycles. The van der Waals surface area contributed by atoms with Gasteiger partial charge in [-0.3, -0.25) is 37.3 Å². The molecule has 546 valence electrons. The average molecular weight is 1350 g/mol. The Morgan fingerprint density at radius 1 is 0.315 bits per heavy atom. The number of esters is 4. The number of hydrogen-bond acceptors (Lipinski definition) is 15. The van der Waals surface area contributed by atoms with Crippen LogP contribution in [-0.2, 0) is 65.4 Å². The lowest BCUT2D eigenvalue weighted by Crippen LogP contribution is -2.30. The largest absolute Gasteiger partial charge is 0.472 e. The van der Waals surface area contributed by atoms with E-state index in [0.717, 1.165) is 102 Å². The summed E-state index contributed by atoms with van der Waals surface area (Å²) in [6.45, 7) is 9.51. The van der Waals surface area contributed by atoms with Gasteiger partial charge >= 0.3 is 39.5 Å². The number of phosphoric acid groups is 2. The molecular formula is C73H142O17P2. The van der Waals surface area contributed by atoms with Crippen LogP contribution in [0.5, 0.6) is 0 Å². The Morgan fingerprint density at radius 3 is 0.826 bits per heavy atom. The quantitative estimate of drug-likeness (QED) is 0.0222. The Balaban J connectivity index is 5.21. The maximum absolute atomic E-state index is 13.1. The van der Waals surface area contributed by atoms with Crippen molar-refractivity contribution in [2.75, 3.05) is 39.6 Å². The summed E-state index contributed by atoms with van der Waals surface area (Å²) in [6.07, 6.45) is 51.4. The Kier molecular flexibility index (Phi) is 63.7. The summed E-state index contributed by atoms with van der Waals surface area (Å²) in [5, 5.41) is 10.6. The summed E-state index contributed by atoms with van der Waals surface area (Å²) in [6, 6.07) is 0. The maximum Gasteiger partial charge on any atom is 0.472 e. The number of hydrogen-bond donors (Lipinski definition) is 3. The van der Waals surface area contributed by atoms with Crippen LogP contribution < -0.4 is 0 Å². The van der Waals surface area contributed by atoms with Crippen LogP contribution in [0.2, 0.25) is 0 Å². The lowest BCUT2D eigenvalue weighted by atomic mass is 9.99. The molecule has 19 heteroatoms. The molecule has 0 aliphatic heterocycles. The van der Waals surface area contributed by atoms with Crippen molar-refractivity contribution < 1.29 is 80.2 Å². The van der Waals surface area contributed by atoms with Crippen molar-refractivity contribution in [3.8, 4) is 0 Å². The van der Waals surface area contributed by atoms with Gasteiger partial charge in [-0.15, -0.1) is 0 Å². The zero-order valence-corrected chi connectivity index (χ0v) is 61.6. The van der Waals surface area contributed by atoms with Crippen molar-refractivity contribution in [1.29, 1.82) is 0 Å². The van der Waals surface area contributed by atoms with Crippen LogP contribution in [0, 0.1) is 11.8 Å². The predicted octanol–water partition coefficient (Wildman–Crippen LogP) is 21.2. The highest BCUT2D eigenvalue weighted by Crippen LogP contribution is 2.45. The van der Waals surface area contributed by atoms with Gasteiger partial charge in [-0.2, -0.15) is 0 Å². The molecule has 0 amide bonds. The first-order valence-electron chi connectivity index (χ1n) is 38.0. The Labute approximate surface area is 562 Å². The van der Waals surface area contributed by atoms with E-state index >= 15 is 0 Å². The van der Waals surface area contributed by atoms with Crippen molar-refractivity contribution in [2.24, 2.45) is 11.8 Å². The number of unbranched alkanes of at least 4 members (excludes halogenated alkanes) is 41. The molecule has 0 spiro atoms. The average Bonchev–Trinajstić information content (AvgIpc) is 2.43. The first-order valence-corrected chi connectivity index (χ1v) is 41.0. The Bertz CT molecular complexity index is 1790. The van der Waals surface area contributed by atoms with Gasteiger partial charge in [-0.05, 0) is 37.5 Å². The van der Waals surface area contributed by atoms with Gasteiger partial charge in [0, 0.05) is 25.7 Å². The molecule has 3 unspecified atom stereocenters. The van der Waals surface area contributed by atoms with Crippen molar-refractivity contribution in [1.82, 2.24) is 0 Å². The van der Waals surface area contributed by atoms with Crippen LogP contribution in [0.4, 0.5) is 0 Å². The third-order valence-corrected chi connectivity index (χ3v) is 19.2. The normalized spacial score (nSPS) is 14.4. The maximum atomic E-state index is 13.1. The molecule has 0 aromatic carbocycles. The van der Waals surface area contributed by atoms with E-state index < -0.39 is 97.5 Å². The highest BCUT2D eigenvalue weighted by atomic mass is 31.2. The van der Waals surface area contributed by atoms with E-state index in [-0.39, 0.29) is 25.7 Å². The molecule has 0 bridgehead atoms. The molecule has 0 aromatic heterocycles. The van der Waals surface area contributed by atoms with Crippen molar-refractivity contribution in [2.45, 2.75) is 394 Å². The van der Waals surface area contributed by atoms with E-state index in [1.54, 1.807) is 0 Å². The highest BCUT2D eigenvalue weighted by Gasteiger charge is 2.30. The number of ether oxygens (including phenoxy) is 4. The summed E-state index contributed by atoms with van der Waals surface area (Å²) in [5.41, 5.74) is 0. The van der Waals surface area contributed by atoms with Crippen LogP contribution in [0.3, 0.4) is 0 Å². The second-order valence-electron chi connectivity index (χ2n) is 27.1. The summed E-state index contributed by atoms with van der Waals surface area (Å²) in [4.78, 5) is 72.6. The van der Waals surface area contributed by atoms with Gasteiger partial charge in [0.15, 0.2) is 12.2 Å². The van der Waals surface area contributed by atoms with Gasteiger partial charge in [-0.25, -0.2) is 9.13 Å². The lowest BCUT2D eigenvalue weighted by Gasteiger charge is -2.21. The molecule has 0 aliphatic rings. The number of carbonyl (C=O) groups excluding carboxylic acids is 4. The molecule has 0 saturated carbocycles. The molecule has 0 rings (SSSR count). The second-order valence-corrected chi connectivity index (χ2v) is 30.0. The SMILES string of the molecule is CCCCCCCCCCCCCCCCCCCCCC(=O)O[C@H](COC(=O)CCCCCCCCCCC(C)CC)COP(=O)(O)OC[C@@H](O)COP(=O)(O)OC[C@@H](COC(=O)CCCCCCCCCC(C)C)OC(=O)CCCCCCCCCCCCC. The second kappa shape index (κ2) is 65.0. The third kappa shape index (κ3) is 65.4. The molecule has 92 heavy (non-hydrogen) atoms. The van der Waals surface area contributed by atoms with E-state index in [1.807, 2.05) is 0 Å². The van der Waals surface area contributed by atoms with E-state index in [9.17, 15) is 43.2 Å². The smallest absolute Gasteiger partial charge is 0.462 e. The fraction of sp³-hybridized carbons (Fsp3) is 0.945. The molecule has 0 aromatic rings. The van der Waals surface area contributed by atoms with E-state index in [1.165, 1.54) is 186 Å². The van der Waals surface area contributed by atoms with Gasteiger partial charge in [0.25, 0.3) is 0 Å². The van der Waals surface area contributed by atoms with E-state index in [4.69, 9.17) is 37.0 Å². The highest BCUT2D eigenvalue weighted by molar-refractivity contribution is 7.47. The molecule has 0 fully saturated rings. The molecule has 6 atom stereocenters.